The van der Waals surface area contributed by atoms with Gasteiger partial charge in [0.15, 0.2) is 11.5 Å². The first-order valence-corrected chi connectivity index (χ1v) is 9.49. The molecule has 0 aromatic carbocycles. The monoisotopic (exact) mass is 382 g/mol. The van der Waals surface area contributed by atoms with E-state index in [1.54, 1.807) is 17.8 Å². The fourth-order valence-electron chi connectivity index (χ4n) is 3.45. The first-order chi connectivity index (χ1) is 13.2. The van der Waals surface area contributed by atoms with Crippen molar-refractivity contribution in [3.63, 3.8) is 0 Å². The lowest BCUT2D eigenvalue weighted by Crippen LogP contribution is -2.52. The fourth-order valence-corrected chi connectivity index (χ4v) is 3.45. The molecule has 0 radical (unpaired) electrons. The van der Waals surface area contributed by atoms with Gasteiger partial charge in [-0.05, 0) is 25.1 Å². The summed E-state index contributed by atoms with van der Waals surface area (Å²) in [7, 11) is 1.78. The van der Waals surface area contributed by atoms with Crippen molar-refractivity contribution >= 4 is 17.4 Å². The number of aryl methyl sites for hydroxylation is 2. The van der Waals surface area contributed by atoms with Crippen LogP contribution in [0.5, 0.6) is 0 Å². The van der Waals surface area contributed by atoms with Crippen molar-refractivity contribution in [2.75, 3.05) is 24.5 Å². The lowest BCUT2D eigenvalue weighted by atomic mass is 9.96. The summed E-state index contributed by atoms with van der Waals surface area (Å²) in [5.74, 6) is 2.07. The minimum Gasteiger partial charge on any atom is -0.354 e. The van der Waals surface area contributed by atoms with Crippen LogP contribution < -0.4 is 10.2 Å². The van der Waals surface area contributed by atoms with Gasteiger partial charge >= 0.3 is 0 Å². The van der Waals surface area contributed by atoms with E-state index in [0.717, 1.165) is 36.1 Å². The lowest BCUT2D eigenvalue weighted by molar-refractivity contribution is 0.0935. The number of hydrogen-bond acceptors (Lipinski definition) is 6. The summed E-state index contributed by atoms with van der Waals surface area (Å²) >= 11 is 0. The largest absolute Gasteiger partial charge is 0.354 e. The van der Waals surface area contributed by atoms with Gasteiger partial charge in [-0.1, -0.05) is 20.8 Å². The van der Waals surface area contributed by atoms with Gasteiger partial charge in [-0.3, -0.25) is 9.48 Å². The molecule has 0 bridgehead atoms. The molecule has 1 aliphatic rings. The molecule has 1 saturated heterocycles. The molecule has 3 aromatic heterocycles. The molecule has 148 valence electrons. The van der Waals surface area contributed by atoms with Crippen LogP contribution in [0.2, 0.25) is 0 Å². The average Bonchev–Trinajstić information content (AvgIpc) is 3.15. The molecule has 0 aliphatic carbocycles. The van der Waals surface area contributed by atoms with Gasteiger partial charge in [-0.15, -0.1) is 15.3 Å². The second-order valence-corrected chi connectivity index (χ2v) is 8.51. The number of fused-ring (bicyclic) bond motifs is 1. The molecular formula is C19H26N8O. The molecule has 3 aromatic rings. The highest BCUT2D eigenvalue weighted by Crippen LogP contribution is 2.25. The molecule has 0 atom stereocenters. The molecule has 9 nitrogen and oxygen atoms in total. The van der Waals surface area contributed by atoms with Gasteiger partial charge in [0, 0.05) is 38.0 Å². The third kappa shape index (κ3) is 3.32. The number of amides is 1. The number of carbonyl (C=O) groups excluding carboxylic acids is 1. The molecule has 1 aliphatic heterocycles. The number of anilines is 1. The summed E-state index contributed by atoms with van der Waals surface area (Å²) < 4.78 is 3.44. The minimum atomic E-state index is -0.128. The first-order valence-electron chi connectivity index (χ1n) is 9.49. The molecule has 4 rings (SSSR count). The van der Waals surface area contributed by atoms with E-state index in [-0.39, 0.29) is 11.3 Å². The van der Waals surface area contributed by atoms with Crippen LogP contribution in [0.1, 0.15) is 42.8 Å². The summed E-state index contributed by atoms with van der Waals surface area (Å²) in [5, 5.41) is 20.5. The Labute approximate surface area is 163 Å². The zero-order chi connectivity index (χ0) is 20.1. The number of hydrogen-bond donors (Lipinski definition) is 1. The van der Waals surface area contributed by atoms with Crippen LogP contribution in [0, 0.1) is 12.8 Å². The Bertz CT molecular complexity index is 1020. The number of nitrogens with zero attached hydrogens (tertiary/aromatic N) is 7. The number of nitrogens with one attached hydrogen (secondary N) is 1. The maximum atomic E-state index is 12.3. The van der Waals surface area contributed by atoms with Crippen molar-refractivity contribution in [1.29, 1.82) is 0 Å². The maximum absolute atomic E-state index is 12.3. The van der Waals surface area contributed by atoms with Gasteiger partial charge < -0.3 is 10.2 Å². The van der Waals surface area contributed by atoms with Crippen LogP contribution in [0.4, 0.5) is 5.82 Å². The third-order valence-electron chi connectivity index (χ3n) is 4.99. The van der Waals surface area contributed by atoms with Crippen molar-refractivity contribution in [1.82, 2.24) is 34.9 Å². The fraction of sp³-hybridized carbons (Fsp3) is 0.526. The topological polar surface area (TPSA) is 93.2 Å². The van der Waals surface area contributed by atoms with Crippen molar-refractivity contribution < 1.29 is 4.79 Å². The van der Waals surface area contributed by atoms with Crippen LogP contribution in [-0.2, 0) is 12.5 Å². The highest BCUT2D eigenvalue weighted by molar-refractivity contribution is 5.92. The summed E-state index contributed by atoms with van der Waals surface area (Å²) in [6.45, 7) is 10.5. The maximum Gasteiger partial charge on any atom is 0.269 e. The molecule has 0 spiro atoms. The van der Waals surface area contributed by atoms with E-state index in [1.807, 2.05) is 23.6 Å². The zero-order valence-corrected chi connectivity index (χ0v) is 17.0. The Kier molecular flexibility index (Phi) is 4.32. The summed E-state index contributed by atoms with van der Waals surface area (Å²) in [5.41, 5.74) is 2.05. The van der Waals surface area contributed by atoms with Crippen LogP contribution in [0.25, 0.3) is 5.65 Å². The minimum absolute atomic E-state index is 0.0830. The van der Waals surface area contributed by atoms with E-state index in [1.165, 1.54) is 0 Å². The molecule has 4 heterocycles. The van der Waals surface area contributed by atoms with Gasteiger partial charge in [0.1, 0.15) is 11.5 Å². The van der Waals surface area contributed by atoms with Gasteiger partial charge in [-0.2, -0.15) is 9.61 Å². The first kappa shape index (κ1) is 18.4. The van der Waals surface area contributed by atoms with Gasteiger partial charge in [0.2, 0.25) is 0 Å². The third-order valence-corrected chi connectivity index (χ3v) is 4.99. The lowest BCUT2D eigenvalue weighted by Gasteiger charge is -2.40. The molecule has 1 N–H and O–H groups in total. The Morgan fingerprint density at radius 1 is 1.21 bits per heavy atom. The highest BCUT2D eigenvalue weighted by atomic mass is 16.2. The quantitative estimate of drug-likeness (QED) is 0.732. The normalized spacial score (nSPS) is 15.1. The number of aromatic nitrogens is 6. The molecule has 0 unspecified atom stereocenters. The summed E-state index contributed by atoms with van der Waals surface area (Å²) in [6.07, 6.45) is 0. The zero-order valence-electron chi connectivity index (χ0n) is 17.0. The summed E-state index contributed by atoms with van der Waals surface area (Å²) in [6, 6.07) is 5.72. The van der Waals surface area contributed by atoms with E-state index >= 15 is 0 Å². The summed E-state index contributed by atoms with van der Waals surface area (Å²) in [4.78, 5) is 14.5. The van der Waals surface area contributed by atoms with Crippen molar-refractivity contribution in [3.05, 3.63) is 35.4 Å². The van der Waals surface area contributed by atoms with E-state index in [4.69, 9.17) is 5.10 Å². The predicted octanol–water partition coefficient (Wildman–Crippen LogP) is 1.33. The molecule has 0 saturated carbocycles. The second kappa shape index (κ2) is 6.57. The van der Waals surface area contributed by atoms with E-state index in [9.17, 15) is 4.79 Å². The predicted molar refractivity (Wildman–Crippen MR) is 105 cm³/mol. The smallest absolute Gasteiger partial charge is 0.269 e. The second-order valence-electron chi connectivity index (χ2n) is 8.51. The SMILES string of the molecule is Cc1cc(C(=O)NCC2CN(c3ccc4nnc(C(C)(C)C)n4n3)C2)n(C)n1. The Balaban J connectivity index is 1.37. The van der Waals surface area contributed by atoms with Crippen LogP contribution in [0.3, 0.4) is 0 Å². The van der Waals surface area contributed by atoms with E-state index < -0.39 is 0 Å². The standard InChI is InChI=1S/C19H26N8O/c1-12-8-14(25(5)23-12)17(28)20-9-13-10-26(11-13)16-7-6-15-21-22-18(19(2,3)4)27(15)24-16/h6-8,13H,9-11H2,1-5H3,(H,20,28). The van der Waals surface area contributed by atoms with Crippen molar-refractivity contribution in [2.45, 2.75) is 33.1 Å². The number of rotatable bonds is 4. The number of carbonyl (C=O) groups is 1. The van der Waals surface area contributed by atoms with E-state index in [0.29, 0.717) is 18.2 Å². The Morgan fingerprint density at radius 3 is 2.61 bits per heavy atom. The highest BCUT2D eigenvalue weighted by Gasteiger charge is 2.29. The van der Waals surface area contributed by atoms with Crippen LogP contribution >= 0.6 is 0 Å². The molecule has 1 amide bonds. The van der Waals surface area contributed by atoms with Gasteiger partial charge in [0.25, 0.3) is 5.91 Å². The molecular weight excluding hydrogens is 356 g/mol. The Hall–Kier alpha value is -2.97. The van der Waals surface area contributed by atoms with Gasteiger partial charge in [-0.25, -0.2) is 0 Å². The molecule has 9 heteroatoms. The van der Waals surface area contributed by atoms with Gasteiger partial charge in [0.05, 0.1) is 5.69 Å². The van der Waals surface area contributed by atoms with Crippen LogP contribution in [0.15, 0.2) is 18.2 Å². The average molecular weight is 382 g/mol. The molecule has 28 heavy (non-hydrogen) atoms. The van der Waals surface area contributed by atoms with Crippen molar-refractivity contribution in [3.8, 4) is 0 Å². The van der Waals surface area contributed by atoms with E-state index in [2.05, 4.69) is 46.3 Å². The van der Waals surface area contributed by atoms with Crippen LogP contribution in [-0.4, -0.2) is 55.1 Å². The molecule has 1 fully saturated rings. The Morgan fingerprint density at radius 2 is 1.96 bits per heavy atom. The van der Waals surface area contributed by atoms with Crippen molar-refractivity contribution in [2.24, 2.45) is 13.0 Å².